The summed E-state index contributed by atoms with van der Waals surface area (Å²) < 4.78 is 15.5. The normalized spacial score (nSPS) is 13.2. The van der Waals surface area contributed by atoms with Crippen molar-refractivity contribution in [1.29, 1.82) is 0 Å². The van der Waals surface area contributed by atoms with Gasteiger partial charge in [0.2, 0.25) is 12.7 Å². The summed E-state index contributed by atoms with van der Waals surface area (Å²) in [6, 6.07) is 15.5. The smallest absolute Gasteiger partial charge is 0.325 e. The number of carbonyl (C=O) groups is 2. The number of fused-ring (bicyclic) bond motifs is 1. The van der Waals surface area contributed by atoms with Crippen LogP contribution in [0.1, 0.15) is 23.5 Å². The second-order valence-electron chi connectivity index (χ2n) is 6.11. The van der Waals surface area contributed by atoms with E-state index in [4.69, 9.17) is 9.47 Å². The molecule has 0 saturated heterocycles. The molecule has 0 fully saturated rings. The van der Waals surface area contributed by atoms with E-state index < -0.39 is 5.97 Å². The SMILES string of the molecule is COC(=O)CN(C)C(=O)C[C@@H](c1ccccc1)c1ccc2c(c1)OCO2. The first-order valence-corrected chi connectivity index (χ1v) is 8.33. The third-order valence-electron chi connectivity index (χ3n) is 4.40. The van der Waals surface area contributed by atoms with Gasteiger partial charge in [-0.25, -0.2) is 0 Å². The van der Waals surface area contributed by atoms with Gasteiger partial charge < -0.3 is 19.1 Å². The fourth-order valence-electron chi connectivity index (χ4n) is 2.92. The molecule has 0 N–H and O–H groups in total. The zero-order valence-electron chi connectivity index (χ0n) is 14.8. The molecule has 136 valence electrons. The highest BCUT2D eigenvalue weighted by atomic mass is 16.7. The minimum absolute atomic E-state index is 0.0714. The highest BCUT2D eigenvalue weighted by Crippen LogP contribution is 2.37. The van der Waals surface area contributed by atoms with Crippen LogP contribution >= 0.6 is 0 Å². The molecule has 0 unspecified atom stereocenters. The van der Waals surface area contributed by atoms with Crippen molar-refractivity contribution in [3.63, 3.8) is 0 Å². The van der Waals surface area contributed by atoms with Crippen LogP contribution < -0.4 is 9.47 Å². The molecule has 0 bridgehead atoms. The quantitative estimate of drug-likeness (QED) is 0.745. The van der Waals surface area contributed by atoms with Crippen molar-refractivity contribution in [1.82, 2.24) is 4.90 Å². The predicted octanol–water partition coefficient (Wildman–Crippen LogP) is 2.57. The summed E-state index contributed by atoms with van der Waals surface area (Å²) in [5, 5.41) is 0. The maximum absolute atomic E-state index is 12.6. The lowest BCUT2D eigenvalue weighted by Gasteiger charge is -2.22. The summed E-state index contributed by atoms with van der Waals surface area (Å²) in [6.45, 7) is 0.133. The molecule has 6 nitrogen and oxygen atoms in total. The largest absolute Gasteiger partial charge is 0.468 e. The average Bonchev–Trinajstić information content (AvgIpc) is 3.14. The molecule has 1 aliphatic heterocycles. The number of amides is 1. The summed E-state index contributed by atoms with van der Waals surface area (Å²) in [5.74, 6) is 0.647. The van der Waals surface area contributed by atoms with Gasteiger partial charge in [-0.05, 0) is 23.3 Å². The van der Waals surface area contributed by atoms with Gasteiger partial charge in [-0.2, -0.15) is 0 Å². The van der Waals surface area contributed by atoms with E-state index in [-0.39, 0.29) is 31.6 Å². The molecule has 3 rings (SSSR count). The highest BCUT2D eigenvalue weighted by molar-refractivity contribution is 5.82. The first-order chi connectivity index (χ1) is 12.6. The molecule has 26 heavy (non-hydrogen) atoms. The molecule has 0 aliphatic carbocycles. The Morgan fingerprint density at radius 1 is 1.08 bits per heavy atom. The number of hydrogen-bond acceptors (Lipinski definition) is 5. The molecule has 1 heterocycles. The molecule has 2 aromatic rings. The zero-order chi connectivity index (χ0) is 18.5. The van der Waals surface area contributed by atoms with Crippen molar-refractivity contribution < 1.29 is 23.8 Å². The predicted molar refractivity (Wildman–Crippen MR) is 95.1 cm³/mol. The molecule has 0 saturated carbocycles. The van der Waals surface area contributed by atoms with Gasteiger partial charge in [-0.3, -0.25) is 9.59 Å². The number of methoxy groups -OCH3 is 1. The minimum Gasteiger partial charge on any atom is -0.468 e. The van der Waals surface area contributed by atoms with E-state index >= 15 is 0 Å². The summed E-state index contributed by atoms with van der Waals surface area (Å²) in [5.41, 5.74) is 1.98. The van der Waals surface area contributed by atoms with E-state index in [1.54, 1.807) is 7.05 Å². The Hall–Kier alpha value is -3.02. The number of nitrogens with zero attached hydrogens (tertiary/aromatic N) is 1. The van der Waals surface area contributed by atoms with Gasteiger partial charge in [-0.1, -0.05) is 36.4 Å². The Bertz CT molecular complexity index is 790. The first-order valence-electron chi connectivity index (χ1n) is 8.33. The molecule has 0 radical (unpaired) electrons. The molecule has 2 aromatic carbocycles. The third kappa shape index (κ3) is 3.96. The number of carbonyl (C=O) groups excluding carboxylic acids is 2. The van der Waals surface area contributed by atoms with Gasteiger partial charge in [0.05, 0.1) is 7.11 Å². The van der Waals surface area contributed by atoms with Crippen LogP contribution in [0.25, 0.3) is 0 Å². The van der Waals surface area contributed by atoms with E-state index in [0.717, 1.165) is 11.1 Å². The summed E-state index contributed by atoms with van der Waals surface area (Å²) in [7, 11) is 2.90. The number of likely N-dealkylation sites (N-methyl/N-ethyl adjacent to an activating group) is 1. The molecular formula is C20H21NO5. The van der Waals surface area contributed by atoms with E-state index in [1.165, 1.54) is 12.0 Å². The van der Waals surface area contributed by atoms with Crippen molar-refractivity contribution in [3.05, 3.63) is 59.7 Å². The Balaban J connectivity index is 1.85. The summed E-state index contributed by atoms with van der Waals surface area (Å²) >= 11 is 0. The maximum Gasteiger partial charge on any atom is 0.325 e. The lowest BCUT2D eigenvalue weighted by molar-refractivity contribution is -0.146. The second kappa shape index (κ2) is 7.91. The van der Waals surface area contributed by atoms with Crippen molar-refractivity contribution in [3.8, 4) is 11.5 Å². The van der Waals surface area contributed by atoms with E-state index in [1.807, 2.05) is 48.5 Å². The molecular weight excluding hydrogens is 334 g/mol. The van der Waals surface area contributed by atoms with Crippen LogP contribution in [-0.2, 0) is 14.3 Å². The number of rotatable bonds is 6. The lowest BCUT2D eigenvalue weighted by Crippen LogP contribution is -2.33. The fourth-order valence-corrected chi connectivity index (χ4v) is 2.92. The van der Waals surface area contributed by atoms with Gasteiger partial charge in [0.15, 0.2) is 11.5 Å². The monoisotopic (exact) mass is 355 g/mol. The van der Waals surface area contributed by atoms with Crippen LogP contribution in [0.2, 0.25) is 0 Å². The van der Waals surface area contributed by atoms with E-state index in [2.05, 4.69) is 4.74 Å². The van der Waals surface area contributed by atoms with Crippen LogP contribution in [0.3, 0.4) is 0 Å². The van der Waals surface area contributed by atoms with Crippen LogP contribution in [0.5, 0.6) is 11.5 Å². The Labute approximate surface area is 152 Å². The zero-order valence-corrected chi connectivity index (χ0v) is 14.8. The maximum atomic E-state index is 12.6. The Morgan fingerprint density at radius 3 is 2.54 bits per heavy atom. The third-order valence-corrected chi connectivity index (χ3v) is 4.40. The molecule has 6 heteroatoms. The summed E-state index contributed by atoms with van der Waals surface area (Å²) in [4.78, 5) is 25.5. The first kappa shape index (κ1) is 17.8. The minimum atomic E-state index is -0.444. The van der Waals surface area contributed by atoms with Crippen LogP contribution in [0, 0.1) is 0 Å². The molecule has 1 atom stereocenters. The molecule has 0 spiro atoms. The molecule has 0 aromatic heterocycles. The van der Waals surface area contributed by atoms with Gasteiger partial charge in [0.1, 0.15) is 6.54 Å². The highest BCUT2D eigenvalue weighted by Gasteiger charge is 2.24. The van der Waals surface area contributed by atoms with E-state index in [9.17, 15) is 9.59 Å². The molecule has 1 amide bonds. The van der Waals surface area contributed by atoms with Gasteiger partial charge in [-0.15, -0.1) is 0 Å². The number of benzene rings is 2. The average molecular weight is 355 g/mol. The van der Waals surface area contributed by atoms with Gasteiger partial charge in [0, 0.05) is 19.4 Å². The standard InChI is InChI=1S/C20H21NO5/c1-21(12-20(23)24-2)19(22)11-16(14-6-4-3-5-7-14)15-8-9-17-18(10-15)26-13-25-17/h3-10,16H,11-13H2,1-2H3/t16-/m0/s1. The van der Waals surface area contributed by atoms with Crippen LogP contribution in [0.4, 0.5) is 0 Å². The van der Waals surface area contributed by atoms with Crippen LogP contribution in [0.15, 0.2) is 48.5 Å². The molecule has 1 aliphatic rings. The van der Waals surface area contributed by atoms with Gasteiger partial charge in [0.25, 0.3) is 0 Å². The number of hydrogen-bond donors (Lipinski definition) is 0. The summed E-state index contributed by atoms with van der Waals surface area (Å²) in [6.07, 6.45) is 0.233. The number of esters is 1. The fraction of sp³-hybridized carbons (Fsp3) is 0.300. The van der Waals surface area contributed by atoms with E-state index in [0.29, 0.717) is 11.5 Å². The van der Waals surface area contributed by atoms with Crippen molar-refractivity contribution in [2.75, 3.05) is 27.5 Å². The lowest BCUT2D eigenvalue weighted by atomic mass is 9.88. The van der Waals surface area contributed by atoms with Crippen LogP contribution in [-0.4, -0.2) is 44.3 Å². The van der Waals surface area contributed by atoms with Crippen molar-refractivity contribution in [2.45, 2.75) is 12.3 Å². The number of ether oxygens (including phenoxy) is 3. The Morgan fingerprint density at radius 2 is 1.81 bits per heavy atom. The Kier molecular flexibility index (Phi) is 5.41. The van der Waals surface area contributed by atoms with Crippen molar-refractivity contribution >= 4 is 11.9 Å². The second-order valence-corrected chi connectivity index (χ2v) is 6.11. The van der Waals surface area contributed by atoms with Gasteiger partial charge >= 0.3 is 5.97 Å². The topological polar surface area (TPSA) is 65.1 Å². The van der Waals surface area contributed by atoms with Crippen molar-refractivity contribution in [2.24, 2.45) is 0 Å².